The van der Waals surface area contributed by atoms with Gasteiger partial charge < -0.3 is 9.47 Å². The highest BCUT2D eigenvalue weighted by molar-refractivity contribution is 6.01. The Kier molecular flexibility index (Phi) is 6.12. The van der Waals surface area contributed by atoms with Crippen LogP contribution >= 0.6 is 0 Å². The lowest BCUT2D eigenvalue weighted by atomic mass is 10.0. The Labute approximate surface area is 148 Å². The molecule has 4 heteroatoms. The van der Waals surface area contributed by atoms with E-state index in [1.165, 1.54) is 6.08 Å². The molecular weight excluding hydrogens is 316 g/mol. The van der Waals surface area contributed by atoms with E-state index in [1.54, 1.807) is 38.3 Å². The monoisotopic (exact) mass is 338 g/mol. The molecule has 0 heterocycles. The van der Waals surface area contributed by atoms with Crippen molar-refractivity contribution in [3.05, 3.63) is 70.8 Å². The predicted octanol–water partition coefficient (Wildman–Crippen LogP) is 4.14. The summed E-state index contributed by atoms with van der Waals surface area (Å²) in [6.45, 7) is 5.51. The van der Waals surface area contributed by atoms with Crippen LogP contribution in [0.3, 0.4) is 0 Å². The number of hydrogen-bond acceptors (Lipinski definition) is 4. The van der Waals surface area contributed by atoms with E-state index in [0.29, 0.717) is 5.56 Å². The van der Waals surface area contributed by atoms with E-state index in [0.717, 1.165) is 22.4 Å². The Morgan fingerprint density at radius 3 is 2.28 bits per heavy atom. The van der Waals surface area contributed by atoms with E-state index in [-0.39, 0.29) is 5.78 Å². The SMILES string of the molecule is COc1ccc(/C=C/C(=O)OC(C)C(=O)c2ccc(C)c(C)c2)cc1. The van der Waals surface area contributed by atoms with Gasteiger partial charge in [-0.25, -0.2) is 4.79 Å². The molecular formula is C21H22O4. The van der Waals surface area contributed by atoms with Gasteiger partial charge in [0.05, 0.1) is 7.11 Å². The molecule has 130 valence electrons. The molecule has 0 bridgehead atoms. The van der Waals surface area contributed by atoms with Gasteiger partial charge in [-0.3, -0.25) is 4.79 Å². The van der Waals surface area contributed by atoms with Crippen molar-refractivity contribution in [2.45, 2.75) is 26.9 Å². The molecule has 2 rings (SSSR count). The Bertz CT molecular complexity index is 788. The maximum absolute atomic E-state index is 12.4. The van der Waals surface area contributed by atoms with Crippen molar-refractivity contribution in [2.75, 3.05) is 7.11 Å². The summed E-state index contributed by atoms with van der Waals surface area (Å²) in [5, 5.41) is 0. The summed E-state index contributed by atoms with van der Waals surface area (Å²) in [7, 11) is 1.59. The minimum Gasteiger partial charge on any atom is -0.497 e. The zero-order valence-electron chi connectivity index (χ0n) is 14.9. The third kappa shape index (κ3) is 5.05. The second kappa shape index (κ2) is 8.29. The van der Waals surface area contributed by atoms with Crippen molar-refractivity contribution in [3.63, 3.8) is 0 Å². The number of methoxy groups -OCH3 is 1. The van der Waals surface area contributed by atoms with E-state index in [1.807, 2.05) is 38.1 Å². The van der Waals surface area contributed by atoms with Gasteiger partial charge in [-0.05, 0) is 61.7 Å². The lowest BCUT2D eigenvalue weighted by Gasteiger charge is -2.12. The van der Waals surface area contributed by atoms with Gasteiger partial charge in [-0.1, -0.05) is 24.3 Å². The molecule has 0 saturated heterocycles. The summed E-state index contributed by atoms with van der Waals surface area (Å²) in [5.41, 5.74) is 3.53. The van der Waals surface area contributed by atoms with Gasteiger partial charge in [0, 0.05) is 11.6 Å². The summed E-state index contributed by atoms with van der Waals surface area (Å²) >= 11 is 0. The highest BCUT2D eigenvalue weighted by Gasteiger charge is 2.18. The standard InChI is InChI=1S/C21H22O4/c1-14-5-9-18(13-15(14)2)21(23)16(3)25-20(22)12-8-17-6-10-19(24-4)11-7-17/h5-13,16H,1-4H3/b12-8+. The molecule has 2 aromatic carbocycles. The second-order valence-corrected chi connectivity index (χ2v) is 5.85. The van der Waals surface area contributed by atoms with Crippen LogP contribution in [0.5, 0.6) is 5.75 Å². The summed E-state index contributed by atoms with van der Waals surface area (Å²) < 4.78 is 10.3. The molecule has 0 aliphatic rings. The summed E-state index contributed by atoms with van der Waals surface area (Å²) in [6, 6.07) is 12.7. The van der Waals surface area contributed by atoms with Crippen molar-refractivity contribution in [1.29, 1.82) is 0 Å². The molecule has 25 heavy (non-hydrogen) atoms. The maximum Gasteiger partial charge on any atom is 0.331 e. The van der Waals surface area contributed by atoms with Crippen LogP contribution in [0.1, 0.15) is 34.0 Å². The highest BCUT2D eigenvalue weighted by Crippen LogP contribution is 2.14. The minimum absolute atomic E-state index is 0.214. The second-order valence-electron chi connectivity index (χ2n) is 5.85. The van der Waals surface area contributed by atoms with Crippen molar-refractivity contribution >= 4 is 17.8 Å². The van der Waals surface area contributed by atoms with Gasteiger partial charge in [0.25, 0.3) is 0 Å². The first kappa shape index (κ1) is 18.5. The number of benzene rings is 2. The van der Waals surface area contributed by atoms with Crippen molar-refractivity contribution in [3.8, 4) is 5.75 Å². The third-order valence-electron chi connectivity index (χ3n) is 3.98. The number of esters is 1. The molecule has 0 saturated carbocycles. The van der Waals surface area contributed by atoms with E-state index < -0.39 is 12.1 Å². The largest absolute Gasteiger partial charge is 0.497 e. The van der Waals surface area contributed by atoms with E-state index in [2.05, 4.69) is 0 Å². The lowest BCUT2D eigenvalue weighted by molar-refractivity contribution is -0.140. The smallest absolute Gasteiger partial charge is 0.331 e. The molecule has 0 amide bonds. The molecule has 0 aromatic heterocycles. The molecule has 2 aromatic rings. The molecule has 1 unspecified atom stereocenters. The number of carbonyl (C=O) groups excluding carboxylic acids is 2. The van der Waals surface area contributed by atoms with Crippen LogP contribution in [0.4, 0.5) is 0 Å². The molecule has 0 fully saturated rings. The van der Waals surface area contributed by atoms with Crippen LogP contribution in [-0.2, 0) is 9.53 Å². The average molecular weight is 338 g/mol. The predicted molar refractivity (Wildman–Crippen MR) is 97.8 cm³/mol. The van der Waals surface area contributed by atoms with Crippen LogP contribution in [0.15, 0.2) is 48.5 Å². The number of ether oxygens (including phenoxy) is 2. The van der Waals surface area contributed by atoms with Gasteiger partial charge >= 0.3 is 5.97 Å². The van der Waals surface area contributed by atoms with Gasteiger partial charge in [0.2, 0.25) is 5.78 Å². The van der Waals surface area contributed by atoms with Crippen LogP contribution in [0, 0.1) is 13.8 Å². The van der Waals surface area contributed by atoms with Crippen molar-refractivity contribution < 1.29 is 19.1 Å². The fourth-order valence-corrected chi connectivity index (χ4v) is 2.28. The number of carbonyl (C=O) groups is 2. The maximum atomic E-state index is 12.4. The lowest BCUT2D eigenvalue weighted by Crippen LogP contribution is -2.23. The fourth-order valence-electron chi connectivity index (χ4n) is 2.28. The molecule has 0 radical (unpaired) electrons. The van der Waals surface area contributed by atoms with E-state index >= 15 is 0 Å². The Hall–Kier alpha value is -2.88. The first-order valence-corrected chi connectivity index (χ1v) is 8.05. The topological polar surface area (TPSA) is 52.6 Å². The van der Waals surface area contributed by atoms with E-state index in [9.17, 15) is 9.59 Å². The van der Waals surface area contributed by atoms with Gasteiger partial charge in [0.1, 0.15) is 5.75 Å². The first-order chi connectivity index (χ1) is 11.9. The molecule has 1 atom stereocenters. The molecule has 0 aliphatic carbocycles. The first-order valence-electron chi connectivity index (χ1n) is 8.05. The Morgan fingerprint density at radius 1 is 1.00 bits per heavy atom. The quantitative estimate of drug-likeness (QED) is 0.451. The van der Waals surface area contributed by atoms with Crippen LogP contribution in [-0.4, -0.2) is 25.0 Å². The van der Waals surface area contributed by atoms with Gasteiger partial charge in [-0.2, -0.15) is 0 Å². The van der Waals surface area contributed by atoms with E-state index in [4.69, 9.17) is 9.47 Å². The van der Waals surface area contributed by atoms with Crippen LogP contribution < -0.4 is 4.74 Å². The zero-order valence-corrected chi connectivity index (χ0v) is 14.9. The van der Waals surface area contributed by atoms with Gasteiger partial charge in [-0.15, -0.1) is 0 Å². The molecule has 4 nitrogen and oxygen atoms in total. The third-order valence-corrected chi connectivity index (χ3v) is 3.98. The van der Waals surface area contributed by atoms with Crippen molar-refractivity contribution in [1.82, 2.24) is 0 Å². The molecule has 0 N–H and O–H groups in total. The molecule has 0 aliphatic heterocycles. The number of Topliss-reactive ketones (excluding diaryl/α,β-unsaturated/α-hetero) is 1. The van der Waals surface area contributed by atoms with Gasteiger partial charge in [0.15, 0.2) is 6.10 Å². The normalized spacial score (nSPS) is 12.0. The molecule has 0 spiro atoms. The highest BCUT2D eigenvalue weighted by atomic mass is 16.5. The Balaban J connectivity index is 1.97. The fraction of sp³-hybridized carbons (Fsp3) is 0.238. The van der Waals surface area contributed by atoms with Crippen LogP contribution in [0.25, 0.3) is 6.08 Å². The Morgan fingerprint density at radius 2 is 1.68 bits per heavy atom. The average Bonchev–Trinajstić information content (AvgIpc) is 2.62. The number of ketones is 1. The summed E-state index contributed by atoms with van der Waals surface area (Å²) in [6.07, 6.45) is 2.11. The summed E-state index contributed by atoms with van der Waals surface area (Å²) in [5.74, 6) is -0.0258. The number of rotatable bonds is 6. The number of hydrogen-bond donors (Lipinski definition) is 0. The summed E-state index contributed by atoms with van der Waals surface area (Å²) in [4.78, 5) is 24.3. The zero-order chi connectivity index (χ0) is 18.4. The minimum atomic E-state index is -0.838. The number of aryl methyl sites for hydroxylation is 2. The van der Waals surface area contributed by atoms with Crippen LogP contribution in [0.2, 0.25) is 0 Å². The van der Waals surface area contributed by atoms with Crippen molar-refractivity contribution in [2.24, 2.45) is 0 Å².